The molecule has 0 aliphatic rings. The number of nitrogens with zero attached hydrogens (tertiary/aromatic N) is 4. The molecule has 14 heteroatoms. The Labute approximate surface area is 233 Å². The van der Waals surface area contributed by atoms with Crippen molar-refractivity contribution in [3.8, 4) is 22.8 Å². The minimum absolute atomic E-state index is 0.0315. The number of nitro groups is 1. The molecule has 1 amide bonds. The van der Waals surface area contributed by atoms with E-state index in [2.05, 4.69) is 15.4 Å². The van der Waals surface area contributed by atoms with Gasteiger partial charge in [-0.25, -0.2) is 9.50 Å². The summed E-state index contributed by atoms with van der Waals surface area (Å²) in [6.45, 7) is 0.0315. The third-order valence-electron chi connectivity index (χ3n) is 6.31. The number of fused-ring (bicyclic) bond motifs is 1. The van der Waals surface area contributed by atoms with E-state index < -0.39 is 51.1 Å². The topological polar surface area (TPSA) is 160 Å². The quantitative estimate of drug-likeness (QED) is 0.140. The van der Waals surface area contributed by atoms with Crippen molar-refractivity contribution in [1.29, 1.82) is 0 Å². The number of halogens is 3. The molecular weight excluding hydrogens is 559 g/mol. The van der Waals surface area contributed by atoms with E-state index in [4.69, 9.17) is 0 Å². The monoisotopic (exact) mass is 577 g/mol. The van der Waals surface area contributed by atoms with Crippen molar-refractivity contribution in [1.82, 2.24) is 19.9 Å². The molecule has 212 valence electrons. The van der Waals surface area contributed by atoms with Gasteiger partial charge in [0.2, 0.25) is 11.5 Å². The number of ketones is 1. The van der Waals surface area contributed by atoms with E-state index in [1.54, 1.807) is 18.2 Å². The minimum atomic E-state index is -4.44. The molecule has 2 heterocycles. The van der Waals surface area contributed by atoms with Crippen LogP contribution in [0.1, 0.15) is 37.4 Å². The van der Waals surface area contributed by atoms with Crippen LogP contribution in [0.3, 0.4) is 0 Å². The Kier molecular flexibility index (Phi) is 7.04. The number of hydrogen-bond acceptors (Lipinski definition) is 8. The van der Waals surface area contributed by atoms with Gasteiger partial charge in [-0.05, 0) is 35.9 Å². The van der Waals surface area contributed by atoms with Crippen LogP contribution in [-0.2, 0) is 12.7 Å². The number of benzene rings is 3. The second-order valence-corrected chi connectivity index (χ2v) is 9.04. The maximum absolute atomic E-state index is 13.0. The highest BCUT2D eigenvalue weighted by Gasteiger charge is 2.30. The highest BCUT2D eigenvalue weighted by atomic mass is 19.4. The summed E-state index contributed by atoms with van der Waals surface area (Å²) in [4.78, 5) is 39.9. The van der Waals surface area contributed by atoms with Crippen molar-refractivity contribution in [2.75, 3.05) is 0 Å². The molecule has 0 aliphatic heterocycles. The molecule has 0 bridgehead atoms. The van der Waals surface area contributed by atoms with Crippen LogP contribution < -0.4 is 5.32 Å². The van der Waals surface area contributed by atoms with Gasteiger partial charge in [-0.3, -0.25) is 19.7 Å². The number of phenolic OH excluding ortho intramolecular Hbond substituents is 2. The first kappa shape index (κ1) is 27.8. The summed E-state index contributed by atoms with van der Waals surface area (Å²) in [5.41, 5.74) is -0.106. The maximum atomic E-state index is 13.0. The first-order chi connectivity index (χ1) is 19.9. The van der Waals surface area contributed by atoms with Crippen LogP contribution in [0, 0.1) is 10.1 Å². The van der Waals surface area contributed by atoms with Crippen molar-refractivity contribution < 1.29 is 37.9 Å². The smallest absolute Gasteiger partial charge is 0.416 e. The fourth-order valence-electron chi connectivity index (χ4n) is 4.11. The van der Waals surface area contributed by atoms with E-state index in [1.165, 1.54) is 41.2 Å². The zero-order valence-corrected chi connectivity index (χ0v) is 21.2. The van der Waals surface area contributed by atoms with Crippen LogP contribution in [0.15, 0.2) is 79.1 Å². The number of phenols is 2. The van der Waals surface area contributed by atoms with E-state index in [0.29, 0.717) is 28.0 Å². The van der Waals surface area contributed by atoms with Gasteiger partial charge >= 0.3 is 11.9 Å². The summed E-state index contributed by atoms with van der Waals surface area (Å²) in [6.07, 6.45) is -1.98. The first-order valence-corrected chi connectivity index (χ1v) is 12.1. The number of nitrogens with one attached hydrogen (secondary N) is 1. The predicted octanol–water partition coefficient (Wildman–Crippen LogP) is 4.90. The van der Waals surface area contributed by atoms with Crippen LogP contribution in [0.5, 0.6) is 11.5 Å². The van der Waals surface area contributed by atoms with Crippen molar-refractivity contribution in [3.05, 3.63) is 117 Å². The van der Waals surface area contributed by atoms with Crippen molar-refractivity contribution in [3.63, 3.8) is 0 Å². The summed E-state index contributed by atoms with van der Waals surface area (Å²) < 4.78 is 39.4. The Hall–Kier alpha value is -5.79. The molecule has 0 aliphatic carbocycles. The Morgan fingerprint density at radius 1 is 0.976 bits per heavy atom. The standard InChI is InChI=1S/C28H18F3N5O6/c29-28(30,31)19-7-1-15(2-8-19)12-33-27(40)17-5-3-16(4-6-17)20-11-23-32-13-18(14-35(23)34-20)25(38)24-22(37)10-9-21(26(24)39)36(41)42/h1-11,13-14,37,39H,12H2,(H,33,40). The molecule has 5 aromatic rings. The fourth-order valence-corrected chi connectivity index (χ4v) is 4.11. The minimum Gasteiger partial charge on any atom is -0.507 e. The number of amides is 1. The highest BCUT2D eigenvalue weighted by Crippen LogP contribution is 2.37. The van der Waals surface area contributed by atoms with Crippen molar-refractivity contribution in [2.24, 2.45) is 0 Å². The molecule has 5 rings (SSSR count). The molecule has 0 atom stereocenters. The summed E-state index contributed by atoms with van der Waals surface area (Å²) >= 11 is 0. The van der Waals surface area contributed by atoms with Gasteiger partial charge in [0.25, 0.3) is 5.91 Å². The SMILES string of the molecule is O=C(NCc1ccc(C(F)(F)F)cc1)c1ccc(-c2cc3ncc(C(=O)c4c(O)ccc([N+](=O)[O-])c4O)cn3n2)cc1. The summed E-state index contributed by atoms with van der Waals surface area (Å²) in [6, 6.07) is 14.2. The van der Waals surface area contributed by atoms with E-state index in [9.17, 15) is 43.1 Å². The molecule has 0 radical (unpaired) electrons. The molecule has 3 N–H and O–H groups in total. The number of rotatable bonds is 7. The highest BCUT2D eigenvalue weighted by molar-refractivity contribution is 6.12. The zero-order chi connectivity index (χ0) is 30.2. The second-order valence-electron chi connectivity index (χ2n) is 9.04. The lowest BCUT2D eigenvalue weighted by molar-refractivity contribution is -0.385. The number of aromatic hydroxyl groups is 2. The lowest BCUT2D eigenvalue weighted by Gasteiger charge is -2.09. The molecule has 42 heavy (non-hydrogen) atoms. The van der Waals surface area contributed by atoms with Crippen LogP contribution in [0.25, 0.3) is 16.9 Å². The number of hydrogen-bond donors (Lipinski definition) is 3. The summed E-state index contributed by atoms with van der Waals surface area (Å²) in [5.74, 6) is -2.97. The molecule has 11 nitrogen and oxygen atoms in total. The predicted molar refractivity (Wildman–Crippen MR) is 141 cm³/mol. The molecule has 0 spiro atoms. The molecule has 3 aromatic carbocycles. The largest absolute Gasteiger partial charge is 0.507 e. The van der Waals surface area contributed by atoms with Crippen molar-refractivity contribution >= 4 is 23.0 Å². The van der Waals surface area contributed by atoms with Gasteiger partial charge in [-0.2, -0.15) is 18.3 Å². The lowest BCUT2D eigenvalue weighted by Crippen LogP contribution is -2.22. The number of alkyl halides is 3. The molecule has 0 saturated heterocycles. The Balaban J connectivity index is 1.31. The van der Waals surface area contributed by atoms with Gasteiger partial charge in [-0.1, -0.05) is 24.3 Å². The third kappa shape index (κ3) is 5.45. The van der Waals surface area contributed by atoms with Gasteiger partial charge in [-0.15, -0.1) is 0 Å². The molecule has 0 unspecified atom stereocenters. The van der Waals surface area contributed by atoms with E-state index in [0.717, 1.165) is 24.3 Å². The van der Waals surface area contributed by atoms with Gasteiger partial charge in [0.05, 0.1) is 21.7 Å². The third-order valence-corrected chi connectivity index (χ3v) is 6.31. The Morgan fingerprint density at radius 3 is 2.31 bits per heavy atom. The van der Waals surface area contributed by atoms with Gasteiger partial charge < -0.3 is 15.5 Å². The maximum Gasteiger partial charge on any atom is 0.416 e. The van der Waals surface area contributed by atoms with E-state index in [-0.39, 0.29) is 12.1 Å². The average Bonchev–Trinajstić information content (AvgIpc) is 3.39. The zero-order valence-electron chi connectivity index (χ0n) is 21.2. The van der Waals surface area contributed by atoms with E-state index in [1.807, 2.05) is 0 Å². The number of carbonyl (C=O) groups excluding carboxylic acids is 2. The molecule has 0 fully saturated rings. The number of aromatic nitrogens is 3. The van der Waals surface area contributed by atoms with Crippen LogP contribution >= 0.6 is 0 Å². The van der Waals surface area contributed by atoms with Crippen LogP contribution in [-0.4, -0.2) is 41.4 Å². The first-order valence-electron chi connectivity index (χ1n) is 12.1. The fraction of sp³-hybridized carbons (Fsp3) is 0.0714. The number of nitro benzene ring substituents is 1. The summed E-state index contributed by atoms with van der Waals surface area (Å²) in [5, 5.41) is 38.4. The molecule has 2 aromatic heterocycles. The average molecular weight is 577 g/mol. The van der Waals surface area contributed by atoms with Gasteiger partial charge in [0.1, 0.15) is 11.3 Å². The molecular formula is C28H18F3N5O6. The van der Waals surface area contributed by atoms with E-state index >= 15 is 0 Å². The Bertz CT molecular complexity index is 1850. The van der Waals surface area contributed by atoms with Crippen LogP contribution in [0.4, 0.5) is 18.9 Å². The summed E-state index contributed by atoms with van der Waals surface area (Å²) in [7, 11) is 0. The van der Waals surface area contributed by atoms with Crippen molar-refractivity contribution in [2.45, 2.75) is 12.7 Å². The van der Waals surface area contributed by atoms with Crippen LogP contribution in [0.2, 0.25) is 0 Å². The normalized spacial score (nSPS) is 11.4. The number of carbonyl (C=O) groups is 2. The molecule has 0 saturated carbocycles. The lowest BCUT2D eigenvalue weighted by atomic mass is 10.0. The van der Waals surface area contributed by atoms with Gasteiger partial charge in [0, 0.05) is 42.2 Å². The Morgan fingerprint density at radius 2 is 1.67 bits per heavy atom. The van der Waals surface area contributed by atoms with Gasteiger partial charge in [0.15, 0.2) is 5.65 Å². The second kappa shape index (κ2) is 10.6.